The van der Waals surface area contributed by atoms with E-state index in [0.29, 0.717) is 17.9 Å². The molecule has 0 bridgehead atoms. The van der Waals surface area contributed by atoms with Gasteiger partial charge in [0.25, 0.3) is 5.56 Å². The van der Waals surface area contributed by atoms with Gasteiger partial charge in [-0.15, -0.1) is 0 Å². The summed E-state index contributed by atoms with van der Waals surface area (Å²) < 4.78 is 8.21. The van der Waals surface area contributed by atoms with E-state index in [0.717, 1.165) is 21.3 Å². The lowest BCUT2D eigenvalue weighted by Gasteiger charge is -2.28. The molecule has 1 aliphatic heterocycles. The van der Waals surface area contributed by atoms with Crippen molar-refractivity contribution < 1.29 is 4.74 Å². The van der Waals surface area contributed by atoms with Crippen LogP contribution in [0.5, 0.6) is 5.75 Å². The van der Waals surface area contributed by atoms with Gasteiger partial charge in [0.15, 0.2) is 0 Å². The minimum absolute atomic E-state index is 0.0281. The van der Waals surface area contributed by atoms with Crippen LogP contribution in [0.25, 0.3) is 0 Å². The quantitative estimate of drug-likeness (QED) is 0.652. The number of allylic oxidation sites excluding steroid dienone is 1. The van der Waals surface area contributed by atoms with E-state index in [1.54, 1.807) is 4.57 Å². The first-order valence-electron chi connectivity index (χ1n) is 9.11. The highest BCUT2D eigenvalue weighted by molar-refractivity contribution is 9.10. The highest BCUT2D eigenvalue weighted by atomic mass is 79.9. The maximum Gasteiger partial charge on any atom is 0.259 e. The number of hydrogen-bond acceptors (Lipinski definition) is 4. The Labute approximate surface area is 176 Å². The second-order valence-corrected chi connectivity index (χ2v) is 7.74. The zero-order chi connectivity index (χ0) is 20.5. The summed E-state index contributed by atoms with van der Waals surface area (Å²) in [5.74, 6) is -0.177. The maximum atomic E-state index is 13.6. The summed E-state index contributed by atoms with van der Waals surface area (Å²) in [6.07, 6.45) is 0. The Kier molecular flexibility index (Phi) is 4.99. The van der Waals surface area contributed by atoms with Crippen molar-refractivity contribution in [3.05, 3.63) is 109 Å². The minimum atomic E-state index is -0.602. The Balaban J connectivity index is 1.96. The Morgan fingerprint density at radius 3 is 2.55 bits per heavy atom. The third-order valence-electron chi connectivity index (χ3n) is 5.09. The molecule has 0 spiro atoms. The number of aryl methyl sites for hydroxylation is 1. The molecule has 0 amide bonds. The van der Waals surface area contributed by atoms with Gasteiger partial charge in [-0.2, -0.15) is 5.26 Å². The van der Waals surface area contributed by atoms with Gasteiger partial charge < -0.3 is 15.0 Å². The van der Waals surface area contributed by atoms with Crippen molar-refractivity contribution in [1.29, 1.82) is 5.26 Å². The van der Waals surface area contributed by atoms with Crippen molar-refractivity contribution in [3.63, 3.8) is 0 Å². The second kappa shape index (κ2) is 7.61. The smallest absolute Gasteiger partial charge is 0.259 e. The number of aromatic nitrogens is 1. The van der Waals surface area contributed by atoms with Crippen LogP contribution >= 0.6 is 15.9 Å². The number of nitriles is 1. The van der Waals surface area contributed by atoms with Gasteiger partial charge in [0.2, 0.25) is 5.88 Å². The van der Waals surface area contributed by atoms with Crippen LogP contribution in [0.1, 0.15) is 28.3 Å². The number of benzene rings is 2. The number of hydrogen-bond donors (Lipinski definition) is 1. The minimum Gasteiger partial charge on any atom is -0.440 e. The Hall–Kier alpha value is -3.30. The fourth-order valence-electron chi connectivity index (χ4n) is 3.67. The van der Waals surface area contributed by atoms with Gasteiger partial charge in [-0.1, -0.05) is 64.5 Å². The monoisotopic (exact) mass is 447 g/mol. The third kappa shape index (κ3) is 3.34. The van der Waals surface area contributed by atoms with Crippen LogP contribution < -0.4 is 16.0 Å². The largest absolute Gasteiger partial charge is 0.440 e. The molecule has 5 nitrogen and oxygen atoms in total. The average molecular weight is 448 g/mol. The predicted molar refractivity (Wildman–Crippen MR) is 114 cm³/mol. The number of ether oxygens (including phenoxy) is 1. The second-order valence-electron chi connectivity index (χ2n) is 6.89. The average Bonchev–Trinajstić information content (AvgIpc) is 2.71. The molecule has 0 radical (unpaired) electrons. The summed E-state index contributed by atoms with van der Waals surface area (Å²) in [6.45, 7) is 2.30. The zero-order valence-electron chi connectivity index (χ0n) is 15.7. The van der Waals surface area contributed by atoms with Crippen molar-refractivity contribution in [2.45, 2.75) is 19.4 Å². The van der Waals surface area contributed by atoms with Gasteiger partial charge in [0.05, 0.1) is 18.0 Å². The Bertz CT molecular complexity index is 1220. The summed E-state index contributed by atoms with van der Waals surface area (Å²) >= 11 is 3.55. The van der Waals surface area contributed by atoms with E-state index >= 15 is 0 Å². The number of pyridine rings is 1. The molecule has 144 valence electrons. The van der Waals surface area contributed by atoms with Crippen LogP contribution in [-0.2, 0) is 6.54 Å². The van der Waals surface area contributed by atoms with E-state index in [1.165, 1.54) is 0 Å². The van der Waals surface area contributed by atoms with E-state index in [2.05, 4.69) is 22.0 Å². The molecular formula is C23H18BrN3O2. The van der Waals surface area contributed by atoms with Crippen molar-refractivity contribution >= 4 is 15.9 Å². The van der Waals surface area contributed by atoms with Crippen molar-refractivity contribution in [2.75, 3.05) is 0 Å². The molecule has 0 aliphatic carbocycles. The number of rotatable bonds is 3. The molecule has 3 aromatic rings. The van der Waals surface area contributed by atoms with Crippen LogP contribution in [-0.4, -0.2) is 4.57 Å². The summed E-state index contributed by atoms with van der Waals surface area (Å²) in [5.41, 5.74) is 9.09. The molecule has 2 aromatic carbocycles. The Morgan fingerprint density at radius 1 is 1.17 bits per heavy atom. The van der Waals surface area contributed by atoms with E-state index in [9.17, 15) is 10.1 Å². The normalized spacial score (nSPS) is 15.4. The van der Waals surface area contributed by atoms with Gasteiger partial charge in [-0.25, -0.2) is 0 Å². The molecule has 0 saturated carbocycles. The van der Waals surface area contributed by atoms with Crippen LogP contribution in [0, 0.1) is 18.3 Å². The lowest BCUT2D eigenvalue weighted by molar-refractivity contribution is 0.389. The van der Waals surface area contributed by atoms with Gasteiger partial charge in [-0.3, -0.25) is 4.79 Å². The first-order valence-corrected chi connectivity index (χ1v) is 9.91. The maximum absolute atomic E-state index is 13.6. The standard InChI is InChI=1S/C23H18BrN3O2/c1-14-11-19-21(23(28)27(14)13-15-7-3-2-4-8-15)20(17(12-25)22(26)29-19)16-9-5-6-10-18(16)24/h2-11,20H,13,26H2,1H3/t20-/m1/s1. The van der Waals surface area contributed by atoms with Crippen molar-refractivity contribution in [3.8, 4) is 11.8 Å². The summed E-state index contributed by atoms with van der Waals surface area (Å²) in [6, 6.07) is 21.3. The van der Waals surface area contributed by atoms with Crippen LogP contribution in [0.4, 0.5) is 0 Å². The van der Waals surface area contributed by atoms with Crippen LogP contribution in [0.3, 0.4) is 0 Å². The molecule has 0 fully saturated rings. The van der Waals surface area contributed by atoms with Crippen molar-refractivity contribution in [2.24, 2.45) is 5.73 Å². The topological polar surface area (TPSA) is 81.0 Å². The lowest BCUT2D eigenvalue weighted by atomic mass is 9.84. The van der Waals surface area contributed by atoms with E-state index in [4.69, 9.17) is 10.5 Å². The Morgan fingerprint density at radius 2 is 1.86 bits per heavy atom. The molecule has 1 aliphatic rings. The van der Waals surface area contributed by atoms with Gasteiger partial charge >= 0.3 is 0 Å². The number of nitrogens with two attached hydrogens (primary N) is 1. The van der Waals surface area contributed by atoms with E-state index in [1.807, 2.05) is 67.6 Å². The predicted octanol–water partition coefficient (Wildman–Crippen LogP) is 4.19. The molecule has 0 unspecified atom stereocenters. The number of nitrogens with zero attached hydrogens (tertiary/aromatic N) is 2. The molecule has 29 heavy (non-hydrogen) atoms. The molecular weight excluding hydrogens is 430 g/mol. The molecule has 4 rings (SSSR count). The van der Waals surface area contributed by atoms with Crippen LogP contribution in [0.2, 0.25) is 0 Å². The number of fused-ring (bicyclic) bond motifs is 1. The molecule has 6 heteroatoms. The summed E-state index contributed by atoms with van der Waals surface area (Å²) in [4.78, 5) is 13.6. The number of halogens is 1. The summed E-state index contributed by atoms with van der Waals surface area (Å²) in [5, 5.41) is 9.77. The highest BCUT2D eigenvalue weighted by Gasteiger charge is 2.35. The van der Waals surface area contributed by atoms with Crippen molar-refractivity contribution in [1.82, 2.24) is 4.57 Å². The third-order valence-corrected chi connectivity index (χ3v) is 5.81. The SMILES string of the molecule is Cc1cc2c(c(=O)n1Cc1ccccc1)[C@H](c1ccccc1Br)C(C#N)=C(N)O2. The molecule has 2 N–H and O–H groups in total. The van der Waals surface area contributed by atoms with E-state index < -0.39 is 5.92 Å². The summed E-state index contributed by atoms with van der Waals surface area (Å²) in [7, 11) is 0. The lowest BCUT2D eigenvalue weighted by Crippen LogP contribution is -2.33. The van der Waals surface area contributed by atoms with Gasteiger partial charge in [-0.05, 0) is 24.1 Å². The molecule has 2 heterocycles. The zero-order valence-corrected chi connectivity index (χ0v) is 17.3. The molecule has 1 atom stereocenters. The fraction of sp³-hybridized carbons (Fsp3) is 0.130. The molecule has 0 saturated heterocycles. The van der Waals surface area contributed by atoms with E-state index in [-0.39, 0.29) is 17.0 Å². The molecule has 1 aromatic heterocycles. The first-order chi connectivity index (χ1) is 14.0. The van der Waals surface area contributed by atoms with Gasteiger partial charge in [0.1, 0.15) is 17.4 Å². The first kappa shape index (κ1) is 19.0. The van der Waals surface area contributed by atoms with Gasteiger partial charge in [0, 0.05) is 16.2 Å². The highest BCUT2D eigenvalue weighted by Crippen LogP contribution is 2.42. The van der Waals surface area contributed by atoms with Crippen LogP contribution in [0.15, 0.2) is 81.4 Å². The fourth-order valence-corrected chi connectivity index (χ4v) is 4.18.